The van der Waals surface area contributed by atoms with Gasteiger partial charge in [0.25, 0.3) is 0 Å². The van der Waals surface area contributed by atoms with Gasteiger partial charge in [-0.1, -0.05) is 30.3 Å². The van der Waals surface area contributed by atoms with E-state index in [1.165, 1.54) is 0 Å². The summed E-state index contributed by atoms with van der Waals surface area (Å²) in [6, 6.07) is 16.7. The zero-order chi connectivity index (χ0) is 16.8. The van der Waals surface area contributed by atoms with Crippen LogP contribution >= 0.6 is 0 Å². The van der Waals surface area contributed by atoms with E-state index >= 15 is 0 Å². The van der Waals surface area contributed by atoms with Crippen LogP contribution in [0.3, 0.4) is 0 Å². The summed E-state index contributed by atoms with van der Waals surface area (Å²) in [4.78, 5) is 16.1. The molecule has 3 N–H and O–H groups in total. The number of hydrogen-bond donors (Lipinski definition) is 3. The Hall–Kier alpha value is -2.92. The van der Waals surface area contributed by atoms with Gasteiger partial charge in [-0.05, 0) is 29.8 Å². The lowest BCUT2D eigenvalue weighted by molar-refractivity contribution is -0.116. The van der Waals surface area contributed by atoms with Crippen molar-refractivity contribution in [3.05, 3.63) is 66.4 Å². The molecule has 3 rings (SSSR count). The molecule has 0 bridgehead atoms. The lowest BCUT2D eigenvalue weighted by atomic mass is 10.1. The number of rotatable bonds is 6. The van der Waals surface area contributed by atoms with Crippen molar-refractivity contribution in [2.45, 2.75) is 13.0 Å². The highest BCUT2D eigenvalue weighted by atomic mass is 16.3. The number of carbonyl (C=O) groups is 1. The average Bonchev–Trinajstić information content (AvgIpc) is 2.61. The minimum Gasteiger partial charge on any atom is -0.506 e. The number of aromatic hydroxyl groups is 1. The third-order valence-corrected chi connectivity index (χ3v) is 3.74. The van der Waals surface area contributed by atoms with Gasteiger partial charge in [0.2, 0.25) is 5.91 Å². The molecule has 0 atom stereocenters. The van der Waals surface area contributed by atoms with Gasteiger partial charge in [0.15, 0.2) is 0 Å². The van der Waals surface area contributed by atoms with Crippen LogP contribution in [-0.2, 0) is 11.3 Å². The quantitative estimate of drug-likeness (QED) is 0.610. The van der Waals surface area contributed by atoms with Gasteiger partial charge in [-0.3, -0.25) is 9.78 Å². The number of pyridine rings is 1. The van der Waals surface area contributed by atoms with Gasteiger partial charge in [-0.15, -0.1) is 0 Å². The molecule has 0 saturated carbocycles. The zero-order valence-corrected chi connectivity index (χ0v) is 13.2. The smallest absolute Gasteiger partial charge is 0.225 e. The van der Waals surface area contributed by atoms with Crippen molar-refractivity contribution >= 4 is 22.5 Å². The molecule has 0 aliphatic rings. The Kier molecular flexibility index (Phi) is 5.03. The maximum Gasteiger partial charge on any atom is 0.225 e. The fourth-order valence-corrected chi connectivity index (χ4v) is 2.54. The lowest BCUT2D eigenvalue weighted by Crippen LogP contribution is -2.21. The Morgan fingerprint density at radius 3 is 2.71 bits per heavy atom. The van der Waals surface area contributed by atoms with Gasteiger partial charge < -0.3 is 15.7 Å². The van der Waals surface area contributed by atoms with E-state index in [4.69, 9.17) is 0 Å². The fourth-order valence-electron chi connectivity index (χ4n) is 2.54. The molecule has 0 saturated heterocycles. The molecule has 3 aromatic rings. The number of phenolic OH excluding ortho intramolecular Hbond substituents is 1. The van der Waals surface area contributed by atoms with E-state index in [1.807, 2.05) is 48.5 Å². The first-order valence-corrected chi connectivity index (χ1v) is 7.85. The molecule has 5 nitrogen and oxygen atoms in total. The van der Waals surface area contributed by atoms with E-state index < -0.39 is 0 Å². The molecular formula is C19H19N3O2. The number of nitrogens with one attached hydrogen (secondary N) is 2. The van der Waals surface area contributed by atoms with Crippen LogP contribution in [0.1, 0.15) is 12.0 Å². The van der Waals surface area contributed by atoms with Gasteiger partial charge in [-0.25, -0.2) is 0 Å². The first-order chi connectivity index (χ1) is 11.7. The van der Waals surface area contributed by atoms with Crippen LogP contribution in [0.15, 0.2) is 60.8 Å². The van der Waals surface area contributed by atoms with Gasteiger partial charge in [0.1, 0.15) is 11.3 Å². The Morgan fingerprint density at radius 2 is 1.88 bits per heavy atom. The molecule has 1 heterocycles. The molecule has 2 aromatic carbocycles. The minimum atomic E-state index is -0.0223. The molecule has 122 valence electrons. The van der Waals surface area contributed by atoms with E-state index in [0.717, 1.165) is 16.6 Å². The third-order valence-electron chi connectivity index (χ3n) is 3.74. The Balaban J connectivity index is 1.52. The van der Waals surface area contributed by atoms with E-state index in [9.17, 15) is 9.90 Å². The maximum atomic E-state index is 11.9. The molecule has 0 aliphatic heterocycles. The van der Waals surface area contributed by atoms with E-state index in [2.05, 4.69) is 15.6 Å². The second-order valence-electron chi connectivity index (χ2n) is 5.48. The first kappa shape index (κ1) is 16.0. The van der Waals surface area contributed by atoms with Crippen LogP contribution in [0.2, 0.25) is 0 Å². The summed E-state index contributed by atoms with van der Waals surface area (Å²) < 4.78 is 0. The molecule has 0 aliphatic carbocycles. The molecule has 1 amide bonds. The predicted octanol–water partition coefficient (Wildman–Crippen LogP) is 3.06. The van der Waals surface area contributed by atoms with E-state index in [1.54, 1.807) is 12.3 Å². The number of carbonyl (C=O) groups excluding carboxylic acids is 1. The maximum absolute atomic E-state index is 11.9. The Bertz CT molecular complexity index is 834. The summed E-state index contributed by atoms with van der Waals surface area (Å²) in [5.41, 5.74) is 2.44. The normalized spacial score (nSPS) is 10.7. The number of benzene rings is 2. The van der Waals surface area contributed by atoms with Crippen molar-refractivity contribution in [1.29, 1.82) is 0 Å². The molecule has 0 radical (unpaired) electrons. The van der Waals surface area contributed by atoms with Gasteiger partial charge >= 0.3 is 0 Å². The largest absolute Gasteiger partial charge is 0.506 e. The molecule has 0 spiro atoms. The van der Waals surface area contributed by atoms with Crippen molar-refractivity contribution in [3.8, 4) is 5.75 Å². The highest BCUT2D eigenvalue weighted by molar-refractivity contribution is 5.90. The number of aromatic nitrogens is 1. The zero-order valence-electron chi connectivity index (χ0n) is 13.2. The van der Waals surface area contributed by atoms with Crippen LogP contribution in [0.5, 0.6) is 5.75 Å². The van der Waals surface area contributed by atoms with Crippen molar-refractivity contribution in [3.63, 3.8) is 0 Å². The van der Waals surface area contributed by atoms with Crippen LogP contribution in [0.4, 0.5) is 5.69 Å². The number of nitrogens with zero attached hydrogens (tertiary/aromatic N) is 1. The summed E-state index contributed by atoms with van der Waals surface area (Å²) in [6.07, 6.45) is 2.05. The summed E-state index contributed by atoms with van der Waals surface area (Å²) in [5, 5.41) is 16.9. The van der Waals surface area contributed by atoms with Gasteiger partial charge in [0.05, 0.1) is 0 Å². The van der Waals surface area contributed by atoms with Gasteiger partial charge in [-0.2, -0.15) is 0 Å². The predicted molar refractivity (Wildman–Crippen MR) is 94.8 cm³/mol. The van der Waals surface area contributed by atoms with Crippen LogP contribution in [0.25, 0.3) is 10.9 Å². The summed E-state index contributed by atoms with van der Waals surface area (Å²) in [5.74, 6) is 0.155. The summed E-state index contributed by atoms with van der Waals surface area (Å²) in [6.45, 7) is 1.18. The average molecular weight is 321 g/mol. The number of phenols is 1. The molecular weight excluding hydrogens is 302 g/mol. The number of anilines is 1. The summed E-state index contributed by atoms with van der Waals surface area (Å²) in [7, 11) is 0. The Morgan fingerprint density at radius 1 is 1.04 bits per heavy atom. The number of para-hydroxylation sites is 1. The molecule has 0 fully saturated rings. The number of fused-ring (bicyclic) bond motifs is 1. The highest BCUT2D eigenvalue weighted by Crippen LogP contribution is 2.25. The third kappa shape index (κ3) is 3.88. The molecule has 0 unspecified atom stereocenters. The van der Waals surface area contributed by atoms with Crippen LogP contribution < -0.4 is 10.6 Å². The van der Waals surface area contributed by atoms with Crippen molar-refractivity contribution in [2.24, 2.45) is 0 Å². The minimum absolute atomic E-state index is 0.0223. The highest BCUT2D eigenvalue weighted by Gasteiger charge is 2.06. The van der Waals surface area contributed by atoms with E-state index in [-0.39, 0.29) is 11.7 Å². The Labute approximate surface area is 140 Å². The van der Waals surface area contributed by atoms with Gasteiger partial charge in [0, 0.05) is 36.8 Å². The van der Waals surface area contributed by atoms with Crippen molar-refractivity contribution in [1.82, 2.24) is 10.3 Å². The first-order valence-electron chi connectivity index (χ1n) is 7.85. The van der Waals surface area contributed by atoms with Crippen molar-refractivity contribution in [2.75, 3.05) is 11.9 Å². The molecule has 5 heteroatoms. The van der Waals surface area contributed by atoms with E-state index in [0.29, 0.717) is 25.0 Å². The second-order valence-corrected chi connectivity index (χ2v) is 5.48. The molecule has 1 aromatic heterocycles. The van der Waals surface area contributed by atoms with Crippen LogP contribution in [-0.4, -0.2) is 22.5 Å². The standard InChI is InChI=1S/C19H19N3O2/c23-17-9-8-14(16-7-4-11-21-19(16)17)13-20-12-10-18(24)22-15-5-2-1-3-6-15/h1-9,11,20,23H,10,12-13H2,(H,22,24). The second kappa shape index (κ2) is 7.57. The SMILES string of the molecule is O=C(CCNCc1ccc(O)c2ncccc12)Nc1ccccc1. The van der Waals surface area contributed by atoms with Crippen molar-refractivity contribution < 1.29 is 9.90 Å². The van der Waals surface area contributed by atoms with Crippen LogP contribution in [0, 0.1) is 0 Å². The lowest BCUT2D eigenvalue weighted by Gasteiger charge is -2.09. The topological polar surface area (TPSA) is 74.2 Å². The monoisotopic (exact) mass is 321 g/mol. The fraction of sp³-hybridized carbons (Fsp3) is 0.158. The molecule has 24 heavy (non-hydrogen) atoms. The number of amides is 1. The summed E-state index contributed by atoms with van der Waals surface area (Å²) >= 11 is 0. The number of hydrogen-bond acceptors (Lipinski definition) is 4.